The minimum absolute atomic E-state index is 0.0968. The average Bonchev–Trinajstić information content (AvgIpc) is 3.17. The van der Waals surface area contributed by atoms with Gasteiger partial charge in [0, 0.05) is 25.7 Å². The molecule has 8 nitrogen and oxygen atoms in total. The van der Waals surface area contributed by atoms with E-state index in [0.717, 1.165) is 30.0 Å². The van der Waals surface area contributed by atoms with Crippen LogP contribution in [0.4, 0.5) is 10.6 Å². The minimum atomic E-state index is -0.491. The molecule has 2 aromatic rings. The van der Waals surface area contributed by atoms with Crippen LogP contribution >= 0.6 is 0 Å². The van der Waals surface area contributed by atoms with Gasteiger partial charge in [-0.15, -0.1) is 0 Å². The molecule has 1 aliphatic rings. The van der Waals surface area contributed by atoms with Crippen LogP contribution in [0, 0.1) is 0 Å². The number of carbonyl (C=O) groups excluding carboxylic acids is 1. The number of imidazole rings is 1. The number of anilines is 1. The number of hydrogen-bond donors (Lipinski definition) is 1. The zero-order chi connectivity index (χ0) is 18.9. The quantitative estimate of drug-likeness (QED) is 0.904. The SMILES string of the molecule is C=Cc1nc2c(NC3CCN(C(=O)OC(C)(C)C)C3)ncnc2n1CC. The molecule has 1 saturated heterocycles. The number of aromatic nitrogens is 4. The predicted molar refractivity (Wildman–Crippen MR) is 101 cm³/mol. The standard InChI is InChI=1S/C18H26N6O2/c1-6-13-22-14-15(19-11-20-16(14)24(13)7-2)21-12-8-9-23(10-12)17(25)26-18(3,4)5/h6,11-12H,1,7-10H2,2-5H3,(H,19,20,21). The van der Waals surface area contributed by atoms with Gasteiger partial charge in [-0.25, -0.2) is 19.7 Å². The van der Waals surface area contributed by atoms with Crippen molar-refractivity contribution < 1.29 is 9.53 Å². The molecule has 1 atom stereocenters. The van der Waals surface area contributed by atoms with Crippen LogP contribution in [0.1, 0.15) is 39.9 Å². The summed E-state index contributed by atoms with van der Waals surface area (Å²) in [5.41, 5.74) is 1.01. The summed E-state index contributed by atoms with van der Waals surface area (Å²) in [7, 11) is 0. The zero-order valence-electron chi connectivity index (χ0n) is 15.8. The van der Waals surface area contributed by atoms with Crippen molar-refractivity contribution in [2.45, 2.75) is 52.3 Å². The number of hydrogen-bond acceptors (Lipinski definition) is 6. The van der Waals surface area contributed by atoms with Gasteiger partial charge in [0.25, 0.3) is 0 Å². The van der Waals surface area contributed by atoms with Gasteiger partial charge in [-0.05, 0) is 40.2 Å². The minimum Gasteiger partial charge on any atom is -0.444 e. The molecule has 140 valence electrons. The van der Waals surface area contributed by atoms with Crippen molar-refractivity contribution >= 4 is 29.2 Å². The summed E-state index contributed by atoms with van der Waals surface area (Å²) in [6.07, 6.45) is 3.80. The maximum atomic E-state index is 12.2. The third-order valence-corrected chi connectivity index (χ3v) is 4.24. The van der Waals surface area contributed by atoms with E-state index >= 15 is 0 Å². The number of carbonyl (C=O) groups is 1. The van der Waals surface area contributed by atoms with Gasteiger partial charge in [0.1, 0.15) is 17.8 Å². The summed E-state index contributed by atoms with van der Waals surface area (Å²) in [6, 6.07) is 0.0968. The van der Waals surface area contributed by atoms with Crippen LogP contribution in [-0.2, 0) is 11.3 Å². The van der Waals surface area contributed by atoms with Gasteiger partial charge in [-0.3, -0.25) is 0 Å². The second-order valence-corrected chi connectivity index (χ2v) is 7.37. The van der Waals surface area contributed by atoms with E-state index in [2.05, 4.69) is 26.8 Å². The van der Waals surface area contributed by atoms with Crippen LogP contribution in [0.2, 0.25) is 0 Å². The molecule has 0 aromatic carbocycles. The first-order valence-corrected chi connectivity index (χ1v) is 8.90. The van der Waals surface area contributed by atoms with E-state index in [4.69, 9.17) is 4.74 Å². The van der Waals surface area contributed by atoms with Gasteiger partial charge in [0.05, 0.1) is 0 Å². The highest BCUT2D eigenvalue weighted by Crippen LogP contribution is 2.24. The smallest absolute Gasteiger partial charge is 0.410 e. The molecular formula is C18H26N6O2. The van der Waals surface area contributed by atoms with Crippen LogP contribution < -0.4 is 5.32 Å². The summed E-state index contributed by atoms with van der Waals surface area (Å²) >= 11 is 0. The summed E-state index contributed by atoms with van der Waals surface area (Å²) < 4.78 is 7.44. The van der Waals surface area contributed by atoms with E-state index in [0.29, 0.717) is 18.9 Å². The summed E-state index contributed by atoms with van der Waals surface area (Å²) in [5.74, 6) is 1.45. The Morgan fingerprint density at radius 3 is 2.88 bits per heavy atom. The van der Waals surface area contributed by atoms with E-state index in [1.54, 1.807) is 11.0 Å². The number of rotatable bonds is 4. The van der Waals surface area contributed by atoms with Gasteiger partial charge in [-0.2, -0.15) is 0 Å². The molecule has 0 bridgehead atoms. The monoisotopic (exact) mass is 358 g/mol. The molecule has 0 radical (unpaired) electrons. The van der Waals surface area contributed by atoms with Crippen LogP contribution in [0.15, 0.2) is 12.9 Å². The van der Waals surface area contributed by atoms with Crippen molar-refractivity contribution in [3.63, 3.8) is 0 Å². The van der Waals surface area contributed by atoms with Gasteiger partial charge in [0.15, 0.2) is 17.0 Å². The first-order valence-electron chi connectivity index (χ1n) is 8.90. The summed E-state index contributed by atoms with van der Waals surface area (Å²) in [4.78, 5) is 27.3. The predicted octanol–water partition coefficient (Wildman–Crippen LogP) is 2.91. The van der Waals surface area contributed by atoms with E-state index in [9.17, 15) is 4.79 Å². The Hall–Kier alpha value is -2.64. The first kappa shape index (κ1) is 18.2. The maximum absolute atomic E-state index is 12.2. The number of aryl methyl sites for hydroxylation is 1. The van der Waals surface area contributed by atoms with Crippen molar-refractivity contribution in [2.75, 3.05) is 18.4 Å². The molecule has 1 N–H and O–H groups in total. The lowest BCUT2D eigenvalue weighted by molar-refractivity contribution is 0.0293. The van der Waals surface area contributed by atoms with Gasteiger partial charge >= 0.3 is 6.09 Å². The van der Waals surface area contributed by atoms with E-state index in [-0.39, 0.29) is 12.1 Å². The topological polar surface area (TPSA) is 85.2 Å². The Morgan fingerprint density at radius 2 is 2.23 bits per heavy atom. The molecule has 1 amide bonds. The summed E-state index contributed by atoms with van der Waals surface area (Å²) in [6.45, 7) is 13.5. The van der Waals surface area contributed by atoms with E-state index in [1.165, 1.54) is 6.33 Å². The number of fused-ring (bicyclic) bond motifs is 1. The van der Waals surface area contributed by atoms with E-state index < -0.39 is 5.60 Å². The van der Waals surface area contributed by atoms with Crippen LogP contribution in [-0.4, -0.2) is 55.2 Å². The third kappa shape index (κ3) is 3.63. The second kappa shape index (κ2) is 6.93. The normalized spacial score (nSPS) is 17.5. The third-order valence-electron chi connectivity index (χ3n) is 4.24. The molecule has 3 rings (SSSR count). The number of nitrogens with one attached hydrogen (secondary N) is 1. The number of amides is 1. The summed E-state index contributed by atoms with van der Waals surface area (Å²) in [5, 5.41) is 3.41. The highest BCUT2D eigenvalue weighted by atomic mass is 16.6. The number of likely N-dealkylation sites (tertiary alicyclic amines) is 1. The second-order valence-electron chi connectivity index (χ2n) is 7.37. The van der Waals surface area contributed by atoms with Crippen LogP contribution in [0.3, 0.4) is 0 Å². The average molecular weight is 358 g/mol. The van der Waals surface area contributed by atoms with Gasteiger partial charge < -0.3 is 19.5 Å². The lowest BCUT2D eigenvalue weighted by Gasteiger charge is -2.24. The maximum Gasteiger partial charge on any atom is 0.410 e. The van der Waals surface area contributed by atoms with Crippen LogP contribution in [0.25, 0.3) is 17.2 Å². The molecule has 1 aliphatic heterocycles. The number of ether oxygens (including phenoxy) is 1. The molecule has 0 saturated carbocycles. The lowest BCUT2D eigenvalue weighted by Crippen LogP contribution is -2.36. The molecule has 26 heavy (non-hydrogen) atoms. The largest absolute Gasteiger partial charge is 0.444 e. The molecule has 2 aromatic heterocycles. The Balaban J connectivity index is 1.75. The van der Waals surface area contributed by atoms with Crippen molar-refractivity contribution in [1.82, 2.24) is 24.4 Å². The van der Waals surface area contributed by atoms with Crippen molar-refractivity contribution in [1.29, 1.82) is 0 Å². The van der Waals surface area contributed by atoms with Crippen molar-refractivity contribution in [3.8, 4) is 0 Å². The van der Waals surface area contributed by atoms with E-state index in [1.807, 2.05) is 32.3 Å². The molecule has 3 heterocycles. The molecule has 1 unspecified atom stereocenters. The van der Waals surface area contributed by atoms with Crippen LogP contribution in [0.5, 0.6) is 0 Å². The Morgan fingerprint density at radius 1 is 1.46 bits per heavy atom. The Labute approximate surface area is 153 Å². The van der Waals surface area contributed by atoms with Crippen molar-refractivity contribution in [3.05, 3.63) is 18.7 Å². The fourth-order valence-corrected chi connectivity index (χ4v) is 3.09. The zero-order valence-corrected chi connectivity index (χ0v) is 15.8. The molecule has 1 fully saturated rings. The Bertz CT molecular complexity index is 823. The number of nitrogens with zero attached hydrogens (tertiary/aromatic N) is 5. The first-order chi connectivity index (χ1) is 12.3. The highest BCUT2D eigenvalue weighted by Gasteiger charge is 2.30. The molecule has 0 aliphatic carbocycles. The van der Waals surface area contributed by atoms with Gasteiger partial charge in [-0.1, -0.05) is 6.58 Å². The highest BCUT2D eigenvalue weighted by molar-refractivity contribution is 5.84. The fourth-order valence-electron chi connectivity index (χ4n) is 3.09. The molecule has 8 heteroatoms. The Kier molecular flexibility index (Phi) is 4.84. The molecule has 0 spiro atoms. The fraction of sp³-hybridized carbons (Fsp3) is 0.556. The lowest BCUT2D eigenvalue weighted by atomic mass is 10.2. The van der Waals surface area contributed by atoms with Gasteiger partial charge in [0.2, 0.25) is 0 Å². The van der Waals surface area contributed by atoms with Crippen molar-refractivity contribution in [2.24, 2.45) is 0 Å². The molecular weight excluding hydrogens is 332 g/mol.